The van der Waals surface area contributed by atoms with E-state index >= 15 is 0 Å². The molecule has 0 aromatic carbocycles. The van der Waals surface area contributed by atoms with Crippen molar-refractivity contribution in [2.24, 2.45) is 0 Å². The van der Waals surface area contributed by atoms with Gasteiger partial charge < -0.3 is 20.2 Å². The molecule has 1 rings (SSSR count). The highest BCUT2D eigenvalue weighted by molar-refractivity contribution is 5.78. The minimum Gasteiger partial charge on any atom is -0.480 e. The summed E-state index contributed by atoms with van der Waals surface area (Å²) >= 11 is 0. The SMILES string of the molecule is CCN1CCC(N(C)CCCCC(C)(NC)C(=O)O)CC1. The molecule has 1 saturated heterocycles. The lowest BCUT2D eigenvalue weighted by Gasteiger charge is -2.36. The normalized spacial score (nSPS) is 20.6. The highest BCUT2D eigenvalue weighted by atomic mass is 16.4. The first kappa shape index (κ1) is 18.4. The Kier molecular flexibility index (Phi) is 7.63. The van der Waals surface area contributed by atoms with Crippen LogP contribution in [-0.4, -0.2) is 72.7 Å². The van der Waals surface area contributed by atoms with Gasteiger partial charge in [-0.3, -0.25) is 4.79 Å². The van der Waals surface area contributed by atoms with Crippen LogP contribution in [-0.2, 0) is 4.79 Å². The van der Waals surface area contributed by atoms with E-state index in [1.807, 2.05) is 0 Å². The number of hydrogen-bond donors (Lipinski definition) is 2. The van der Waals surface area contributed by atoms with E-state index in [0.717, 1.165) is 25.9 Å². The molecule has 2 N–H and O–H groups in total. The van der Waals surface area contributed by atoms with Gasteiger partial charge in [-0.2, -0.15) is 0 Å². The van der Waals surface area contributed by atoms with E-state index in [4.69, 9.17) is 0 Å². The smallest absolute Gasteiger partial charge is 0.323 e. The molecule has 124 valence electrons. The molecule has 0 aromatic rings. The standard InChI is InChI=1S/C16H33N3O2/c1-5-19-12-8-14(9-13-19)18(4)11-7-6-10-16(2,17-3)15(20)21/h14,17H,5-13H2,1-4H3,(H,20,21). The van der Waals surface area contributed by atoms with Gasteiger partial charge in [0.25, 0.3) is 0 Å². The maximum atomic E-state index is 11.2. The van der Waals surface area contributed by atoms with Crippen molar-refractivity contribution < 1.29 is 9.90 Å². The van der Waals surface area contributed by atoms with Gasteiger partial charge in [0.15, 0.2) is 0 Å². The third-order valence-electron chi connectivity index (χ3n) is 5.09. The molecular formula is C16H33N3O2. The average molecular weight is 299 g/mol. The van der Waals surface area contributed by atoms with E-state index in [2.05, 4.69) is 29.1 Å². The van der Waals surface area contributed by atoms with Gasteiger partial charge in [-0.05, 0) is 79.3 Å². The second kappa shape index (κ2) is 8.71. The number of likely N-dealkylation sites (N-methyl/N-ethyl adjacent to an activating group) is 1. The van der Waals surface area contributed by atoms with E-state index in [1.54, 1.807) is 14.0 Å². The zero-order chi connectivity index (χ0) is 15.9. The van der Waals surface area contributed by atoms with Gasteiger partial charge in [0.2, 0.25) is 0 Å². The van der Waals surface area contributed by atoms with Crippen LogP contribution in [0.1, 0.15) is 46.0 Å². The van der Waals surface area contributed by atoms with Crippen LogP contribution in [0.5, 0.6) is 0 Å². The Bertz CT molecular complexity index is 317. The average Bonchev–Trinajstić information content (AvgIpc) is 2.50. The van der Waals surface area contributed by atoms with E-state index < -0.39 is 11.5 Å². The fourth-order valence-corrected chi connectivity index (χ4v) is 3.04. The minimum atomic E-state index is -0.787. The predicted octanol–water partition coefficient (Wildman–Crippen LogP) is 1.64. The van der Waals surface area contributed by atoms with E-state index in [-0.39, 0.29) is 0 Å². The number of piperidine rings is 1. The Balaban J connectivity index is 2.22. The highest BCUT2D eigenvalue weighted by Gasteiger charge is 2.30. The molecule has 0 bridgehead atoms. The molecule has 1 atom stereocenters. The Morgan fingerprint density at radius 1 is 1.38 bits per heavy atom. The third kappa shape index (κ3) is 5.57. The topological polar surface area (TPSA) is 55.8 Å². The van der Waals surface area contributed by atoms with Gasteiger partial charge in [-0.25, -0.2) is 0 Å². The van der Waals surface area contributed by atoms with Gasteiger partial charge in [0.1, 0.15) is 5.54 Å². The molecule has 21 heavy (non-hydrogen) atoms. The van der Waals surface area contributed by atoms with Crippen LogP contribution in [0.25, 0.3) is 0 Å². The zero-order valence-corrected chi connectivity index (χ0v) is 14.2. The number of unbranched alkanes of at least 4 members (excludes halogenated alkanes) is 1. The van der Waals surface area contributed by atoms with Crippen molar-refractivity contribution in [3.8, 4) is 0 Å². The number of nitrogens with zero attached hydrogens (tertiary/aromatic N) is 2. The molecule has 1 fully saturated rings. The first-order chi connectivity index (χ1) is 9.92. The van der Waals surface area contributed by atoms with Gasteiger partial charge in [0.05, 0.1) is 0 Å². The van der Waals surface area contributed by atoms with Crippen LogP contribution in [0.3, 0.4) is 0 Å². The van der Waals surface area contributed by atoms with E-state index in [0.29, 0.717) is 12.5 Å². The van der Waals surface area contributed by atoms with E-state index in [1.165, 1.54) is 25.9 Å². The molecule has 0 radical (unpaired) electrons. The maximum Gasteiger partial charge on any atom is 0.323 e. The molecule has 1 aliphatic heterocycles. The van der Waals surface area contributed by atoms with Gasteiger partial charge >= 0.3 is 5.97 Å². The molecule has 1 unspecified atom stereocenters. The van der Waals surface area contributed by atoms with Crippen LogP contribution in [0.15, 0.2) is 0 Å². The number of likely N-dealkylation sites (tertiary alicyclic amines) is 1. The van der Waals surface area contributed by atoms with Crippen LogP contribution in [0.2, 0.25) is 0 Å². The zero-order valence-electron chi connectivity index (χ0n) is 14.2. The Labute approximate surface area is 129 Å². The number of carbonyl (C=O) groups is 1. The molecule has 5 heteroatoms. The van der Waals surface area contributed by atoms with Crippen molar-refractivity contribution in [1.29, 1.82) is 0 Å². The predicted molar refractivity (Wildman–Crippen MR) is 86.7 cm³/mol. The number of rotatable bonds is 9. The number of carboxylic acid groups (broad SMARTS) is 1. The summed E-state index contributed by atoms with van der Waals surface area (Å²) in [4.78, 5) is 16.2. The van der Waals surface area contributed by atoms with Crippen molar-refractivity contribution >= 4 is 5.97 Å². The highest BCUT2D eigenvalue weighted by Crippen LogP contribution is 2.17. The molecular weight excluding hydrogens is 266 g/mol. The van der Waals surface area contributed by atoms with Crippen molar-refractivity contribution in [2.45, 2.75) is 57.5 Å². The molecule has 1 heterocycles. The summed E-state index contributed by atoms with van der Waals surface area (Å²) in [6.45, 7) is 8.64. The quantitative estimate of drug-likeness (QED) is 0.634. The van der Waals surface area contributed by atoms with Gasteiger partial charge in [-0.15, -0.1) is 0 Å². The molecule has 0 spiro atoms. The van der Waals surface area contributed by atoms with Gasteiger partial charge in [-0.1, -0.05) is 6.92 Å². The maximum absolute atomic E-state index is 11.2. The van der Waals surface area contributed by atoms with Crippen molar-refractivity contribution in [2.75, 3.05) is 40.3 Å². The van der Waals surface area contributed by atoms with Crippen molar-refractivity contribution in [3.63, 3.8) is 0 Å². The van der Waals surface area contributed by atoms with Crippen molar-refractivity contribution in [1.82, 2.24) is 15.1 Å². The molecule has 0 amide bonds. The number of hydrogen-bond acceptors (Lipinski definition) is 4. The van der Waals surface area contributed by atoms with E-state index in [9.17, 15) is 9.90 Å². The molecule has 0 aromatic heterocycles. The fraction of sp³-hybridized carbons (Fsp3) is 0.938. The molecule has 1 aliphatic rings. The van der Waals surface area contributed by atoms with Crippen LogP contribution >= 0.6 is 0 Å². The number of nitrogens with one attached hydrogen (secondary N) is 1. The van der Waals surface area contributed by atoms with Crippen LogP contribution in [0, 0.1) is 0 Å². The van der Waals surface area contributed by atoms with Crippen LogP contribution in [0.4, 0.5) is 0 Å². The summed E-state index contributed by atoms with van der Waals surface area (Å²) in [7, 11) is 3.93. The Morgan fingerprint density at radius 3 is 2.48 bits per heavy atom. The first-order valence-electron chi connectivity index (χ1n) is 8.28. The third-order valence-corrected chi connectivity index (χ3v) is 5.09. The summed E-state index contributed by atoms with van der Waals surface area (Å²) in [5, 5.41) is 12.1. The summed E-state index contributed by atoms with van der Waals surface area (Å²) in [6.07, 6.45) is 5.21. The largest absolute Gasteiger partial charge is 0.480 e. The lowest BCUT2D eigenvalue weighted by Crippen LogP contribution is -2.47. The minimum absolute atomic E-state index is 0.682. The second-order valence-electron chi connectivity index (χ2n) is 6.49. The lowest BCUT2D eigenvalue weighted by atomic mass is 9.95. The summed E-state index contributed by atoms with van der Waals surface area (Å²) in [5.74, 6) is -0.759. The fourth-order valence-electron chi connectivity index (χ4n) is 3.04. The molecule has 0 aliphatic carbocycles. The van der Waals surface area contributed by atoms with Crippen molar-refractivity contribution in [3.05, 3.63) is 0 Å². The second-order valence-corrected chi connectivity index (χ2v) is 6.49. The summed E-state index contributed by atoms with van der Waals surface area (Å²) in [6, 6.07) is 0.697. The Morgan fingerprint density at radius 2 is 2.00 bits per heavy atom. The summed E-state index contributed by atoms with van der Waals surface area (Å²) in [5.41, 5.74) is -0.787. The number of carboxylic acids is 1. The number of aliphatic carboxylic acids is 1. The Hall–Kier alpha value is -0.650. The molecule has 5 nitrogen and oxygen atoms in total. The van der Waals surface area contributed by atoms with Crippen LogP contribution < -0.4 is 5.32 Å². The van der Waals surface area contributed by atoms with Gasteiger partial charge in [0, 0.05) is 6.04 Å². The molecule has 0 saturated carbocycles. The monoisotopic (exact) mass is 299 g/mol. The first-order valence-corrected chi connectivity index (χ1v) is 8.28. The lowest BCUT2D eigenvalue weighted by molar-refractivity contribution is -0.144. The summed E-state index contributed by atoms with van der Waals surface area (Å²) < 4.78 is 0.